The highest BCUT2D eigenvalue weighted by Crippen LogP contribution is 2.42. The molecular formula is C22H24IN7O2. The zero-order valence-electron chi connectivity index (χ0n) is 18.1. The van der Waals surface area contributed by atoms with Gasteiger partial charge in [0.2, 0.25) is 5.91 Å². The number of nitrogens with two attached hydrogens (primary N) is 1. The van der Waals surface area contributed by atoms with Gasteiger partial charge >= 0.3 is 0 Å². The van der Waals surface area contributed by atoms with Crippen molar-refractivity contribution >= 4 is 45.3 Å². The molecule has 1 aliphatic heterocycles. The maximum absolute atomic E-state index is 12.0. The number of alkyl halides is 1. The van der Waals surface area contributed by atoms with Crippen LogP contribution in [-0.2, 0) is 9.22 Å². The highest BCUT2D eigenvalue weighted by molar-refractivity contribution is 14.1. The Balaban J connectivity index is 1.97. The number of carbonyl (C=O) groups excluding carboxylic acids is 1. The van der Waals surface area contributed by atoms with Crippen LogP contribution in [0, 0.1) is 18.3 Å². The smallest absolute Gasteiger partial charge is 0.220 e. The normalized spacial score (nSPS) is 16.7. The lowest BCUT2D eigenvalue weighted by atomic mass is 9.86. The lowest BCUT2D eigenvalue weighted by Crippen LogP contribution is -2.17. The maximum atomic E-state index is 12.0. The molecule has 0 bridgehead atoms. The molecule has 0 saturated carbocycles. The SMILES string of the molecule is CCOc1c(C(C)n2nc(C)c3c(N)ncnc32)cc(CI)c(C#N)c1C1CNC(=O)C1. The van der Waals surface area contributed by atoms with Crippen molar-refractivity contribution in [1.82, 2.24) is 25.1 Å². The second kappa shape index (κ2) is 8.90. The zero-order chi connectivity index (χ0) is 23.0. The summed E-state index contributed by atoms with van der Waals surface area (Å²) in [5.74, 6) is 0.897. The van der Waals surface area contributed by atoms with Gasteiger partial charge in [0.1, 0.15) is 17.9 Å². The number of rotatable bonds is 6. The van der Waals surface area contributed by atoms with E-state index >= 15 is 0 Å². The van der Waals surface area contributed by atoms with Crippen LogP contribution in [0.15, 0.2) is 12.4 Å². The molecule has 3 heterocycles. The Morgan fingerprint density at radius 2 is 2.25 bits per heavy atom. The van der Waals surface area contributed by atoms with Crippen molar-refractivity contribution < 1.29 is 9.53 Å². The second-order valence-electron chi connectivity index (χ2n) is 7.79. The van der Waals surface area contributed by atoms with Crippen LogP contribution >= 0.6 is 22.6 Å². The fraction of sp³-hybridized carbons (Fsp3) is 0.409. The molecule has 10 heteroatoms. The average molecular weight is 545 g/mol. The first-order valence-corrected chi connectivity index (χ1v) is 11.9. The number of hydrogen-bond acceptors (Lipinski definition) is 7. The van der Waals surface area contributed by atoms with Crippen LogP contribution in [0.3, 0.4) is 0 Å². The van der Waals surface area contributed by atoms with Crippen molar-refractivity contribution in [2.24, 2.45) is 0 Å². The highest BCUT2D eigenvalue weighted by atomic mass is 127. The number of anilines is 1. The molecule has 2 atom stereocenters. The van der Waals surface area contributed by atoms with E-state index in [2.05, 4.69) is 43.9 Å². The van der Waals surface area contributed by atoms with E-state index in [0.717, 1.165) is 27.8 Å². The first-order valence-electron chi connectivity index (χ1n) is 10.4. The molecule has 3 N–H and O–H groups in total. The minimum atomic E-state index is -0.250. The van der Waals surface area contributed by atoms with Crippen molar-refractivity contribution in [2.75, 3.05) is 18.9 Å². The Labute approximate surface area is 199 Å². The first-order chi connectivity index (χ1) is 15.4. The van der Waals surface area contributed by atoms with Gasteiger partial charge in [0.25, 0.3) is 0 Å². The summed E-state index contributed by atoms with van der Waals surface area (Å²) in [6.45, 7) is 6.73. The third-order valence-corrected chi connectivity index (χ3v) is 6.69. The summed E-state index contributed by atoms with van der Waals surface area (Å²) >= 11 is 2.26. The van der Waals surface area contributed by atoms with Crippen LogP contribution in [0.1, 0.15) is 60.2 Å². The Morgan fingerprint density at radius 3 is 2.88 bits per heavy atom. The van der Waals surface area contributed by atoms with E-state index in [-0.39, 0.29) is 17.9 Å². The Kier molecular flexibility index (Phi) is 6.19. The number of aromatic nitrogens is 4. The zero-order valence-corrected chi connectivity index (χ0v) is 20.3. The first kappa shape index (κ1) is 22.3. The lowest BCUT2D eigenvalue weighted by Gasteiger charge is -2.25. The summed E-state index contributed by atoms with van der Waals surface area (Å²) in [5, 5.41) is 18.3. The van der Waals surface area contributed by atoms with Crippen LogP contribution in [0.4, 0.5) is 5.82 Å². The molecule has 32 heavy (non-hydrogen) atoms. The maximum Gasteiger partial charge on any atom is 0.220 e. The summed E-state index contributed by atoms with van der Waals surface area (Å²) in [6, 6.07) is 4.14. The molecule has 2 aromatic heterocycles. The van der Waals surface area contributed by atoms with Crippen LogP contribution in [0.25, 0.3) is 11.0 Å². The van der Waals surface area contributed by atoms with Gasteiger partial charge in [-0.1, -0.05) is 22.6 Å². The monoisotopic (exact) mass is 545 g/mol. The van der Waals surface area contributed by atoms with Crippen molar-refractivity contribution in [2.45, 2.75) is 43.6 Å². The van der Waals surface area contributed by atoms with Gasteiger partial charge in [-0.25, -0.2) is 14.6 Å². The van der Waals surface area contributed by atoms with E-state index in [1.165, 1.54) is 6.33 Å². The molecule has 2 unspecified atom stereocenters. The predicted octanol–water partition coefficient (Wildman–Crippen LogP) is 3.14. The number of nitrogen functional groups attached to an aromatic ring is 1. The van der Waals surface area contributed by atoms with Gasteiger partial charge in [0, 0.05) is 34.4 Å². The average Bonchev–Trinajstić information content (AvgIpc) is 3.36. The van der Waals surface area contributed by atoms with Crippen molar-refractivity contribution in [1.29, 1.82) is 5.26 Å². The number of ether oxygens (including phenoxy) is 1. The van der Waals surface area contributed by atoms with Crippen LogP contribution < -0.4 is 15.8 Å². The Bertz CT molecular complexity index is 1250. The van der Waals surface area contributed by atoms with Gasteiger partial charge in [-0.3, -0.25) is 4.79 Å². The van der Waals surface area contributed by atoms with Gasteiger partial charge in [-0.15, -0.1) is 0 Å². The molecule has 1 aromatic carbocycles. The minimum absolute atomic E-state index is 0.0170. The third kappa shape index (κ3) is 3.64. The van der Waals surface area contributed by atoms with E-state index in [1.54, 1.807) is 0 Å². The van der Waals surface area contributed by atoms with Crippen molar-refractivity contribution in [3.63, 3.8) is 0 Å². The topological polar surface area (TPSA) is 132 Å². The van der Waals surface area contributed by atoms with Crippen LogP contribution in [0.2, 0.25) is 0 Å². The quantitative estimate of drug-likeness (QED) is 0.359. The van der Waals surface area contributed by atoms with Gasteiger partial charge in [-0.05, 0) is 32.4 Å². The van der Waals surface area contributed by atoms with E-state index < -0.39 is 0 Å². The van der Waals surface area contributed by atoms with E-state index in [9.17, 15) is 10.1 Å². The van der Waals surface area contributed by atoms with Crippen molar-refractivity contribution in [3.05, 3.63) is 40.3 Å². The number of amides is 1. The van der Waals surface area contributed by atoms with E-state index in [4.69, 9.17) is 15.6 Å². The number of nitriles is 1. The summed E-state index contributed by atoms with van der Waals surface area (Å²) in [7, 11) is 0. The third-order valence-electron chi connectivity index (χ3n) is 5.87. The number of carbonyl (C=O) groups is 1. The molecule has 1 saturated heterocycles. The Morgan fingerprint density at radius 1 is 1.47 bits per heavy atom. The Hall–Kier alpha value is -2.94. The van der Waals surface area contributed by atoms with Crippen LogP contribution in [0.5, 0.6) is 5.75 Å². The molecule has 0 spiro atoms. The van der Waals surface area contributed by atoms with Crippen LogP contribution in [-0.4, -0.2) is 38.8 Å². The summed E-state index contributed by atoms with van der Waals surface area (Å²) in [5.41, 5.74) is 10.7. The van der Waals surface area contributed by atoms with Gasteiger partial charge in [0.05, 0.1) is 35.4 Å². The molecule has 0 radical (unpaired) electrons. The minimum Gasteiger partial charge on any atom is -0.493 e. The van der Waals surface area contributed by atoms with Crippen molar-refractivity contribution in [3.8, 4) is 11.8 Å². The molecule has 0 aliphatic carbocycles. The molecule has 3 aromatic rings. The fourth-order valence-corrected chi connectivity index (χ4v) is 4.99. The number of nitrogens with one attached hydrogen (secondary N) is 1. The lowest BCUT2D eigenvalue weighted by molar-refractivity contribution is -0.119. The molecule has 4 rings (SSSR count). The number of benzene rings is 1. The number of halogens is 1. The highest BCUT2D eigenvalue weighted by Gasteiger charge is 2.33. The molecular weight excluding hydrogens is 521 g/mol. The molecule has 1 amide bonds. The molecule has 1 aliphatic rings. The summed E-state index contributed by atoms with van der Waals surface area (Å²) in [6.07, 6.45) is 1.77. The number of hydrogen-bond donors (Lipinski definition) is 2. The fourth-order valence-electron chi connectivity index (χ4n) is 4.39. The standard InChI is InChI=1S/C22H24IN7O2/c1-4-32-20-15(12(3)30-22-18(11(2)29-30)21(25)27-10-28-22)5-13(7-23)16(8-24)19(20)14-6-17(31)26-9-14/h5,10,12,14H,4,6-7,9H2,1-3H3,(H,26,31)(H2,25,27,28). The number of fused-ring (bicyclic) bond motifs is 1. The van der Waals surface area contributed by atoms with E-state index in [1.807, 2.05) is 31.5 Å². The number of aryl methyl sites for hydroxylation is 1. The van der Waals surface area contributed by atoms with Gasteiger partial charge < -0.3 is 15.8 Å². The number of nitrogens with zero attached hydrogens (tertiary/aromatic N) is 5. The van der Waals surface area contributed by atoms with Gasteiger partial charge in [0.15, 0.2) is 5.65 Å². The predicted molar refractivity (Wildman–Crippen MR) is 129 cm³/mol. The largest absolute Gasteiger partial charge is 0.493 e. The van der Waals surface area contributed by atoms with E-state index in [0.29, 0.717) is 46.8 Å². The summed E-state index contributed by atoms with van der Waals surface area (Å²) < 4.78 is 8.63. The molecule has 166 valence electrons. The molecule has 1 fully saturated rings. The molecule has 9 nitrogen and oxygen atoms in total. The summed E-state index contributed by atoms with van der Waals surface area (Å²) in [4.78, 5) is 20.5. The second-order valence-corrected chi connectivity index (χ2v) is 8.55. The van der Waals surface area contributed by atoms with Gasteiger partial charge in [-0.2, -0.15) is 10.4 Å².